The van der Waals surface area contributed by atoms with Crippen LogP contribution in [-0.2, 0) is 4.79 Å². The van der Waals surface area contributed by atoms with E-state index in [1.54, 1.807) is 7.11 Å². The summed E-state index contributed by atoms with van der Waals surface area (Å²) in [4.78, 5) is 12.6. The maximum atomic E-state index is 12.6. The number of fused-ring (bicyclic) bond motifs is 3. The topological polar surface area (TPSA) is 54.0 Å². The van der Waals surface area contributed by atoms with E-state index < -0.39 is 0 Å². The summed E-state index contributed by atoms with van der Waals surface area (Å²) in [6, 6.07) is 11.8. The van der Waals surface area contributed by atoms with E-state index in [0.29, 0.717) is 17.9 Å². The van der Waals surface area contributed by atoms with E-state index in [4.69, 9.17) is 18.9 Å². The SMILES string of the molecule is COc1cccc(C2c3cc4c(cc3OC3CCC(=O)C32)OCO4)c1. The molecule has 0 spiro atoms. The van der Waals surface area contributed by atoms with E-state index in [2.05, 4.69) is 6.07 Å². The average molecular weight is 338 g/mol. The van der Waals surface area contributed by atoms with Gasteiger partial charge in [-0.1, -0.05) is 12.1 Å². The van der Waals surface area contributed by atoms with Crippen LogP contribution in [0, 0.1) is 5.92 Å². The lowest BCUT2D eigenvalue weighted by molar-refractivity contribution is -0.122. The van der Waals surface area contributed by atoms with Crippen LogP contribution < -0.4 is 18.9 Å². The number of carbonyl (C=O) groups excluding carboxylic acids is 1. The molecule has 1 saturated carbocycles. The molecule has 5 nitrogen and oxygen atoms in total. The standard InChI is InChI=1S/C20H18O5/c1-22-12-4-2-3-11(7-12)19-13-8-17-18(24-10-23-17)9-16(13)25-15-6-5-14(21)20(15)19/h2-4,7-9,15,19-20H,5-6,10H2,1H3. The third-order valence-corrected chi connectivity index (χ3v) is 5.38. The molecule has 3 atom stereocenters. The van der Waals surface area contributed by atoms with Crippen LogP contribution in [0.1, 0.15) is 29.9 Å². The van der Waals surface area contributed by atoms with Crippen LogP contribution in [0.5, 0.6) is 23.0 Å². The zero-order chi connectivity index (χ0) is 17.0. The van der Waals surface area contributed by atoms with Crippen molar-refractivity contribution in [2.24, 2.45) is 5.92 Å². The second kappa shape index (κ2) is 5.41. The molecule has 5 heteroatoms. The zero-order valence-electron chi connectivity index (χ0n) is 13.9. The van der Waals surface area contributed by atoms with Crippen molar-refractivity contribution >= 4 is 5.78 Å². The molecule has 2 aliphatic heterocycles. The van der Waals surface area contributed by atoms with E-state index in [1.807, 2.05) is 30.3 Å². The molecular formula is C20H18O5. The van der Waals surface area contributed by atoms with Crippen molar-refractivity contribution in [1.29, 1.82) is 0 Å². The second-order valence-electron chi connectivity index (χ2n) is 6.68. The first-order chi connectivity index (χ1) is 12.2. The molecule has 2 aromatic carbocycles. The molecule has 2 aromatic rings. The van der Waals surface area contributed by atoms with E-state index in [1.165, 1.54) is 0 Å². The number of benzene rings is 2. The number of ketones is 1. The van der Waals surface area contributed by atoms with Crippen LogP contribution in [-0.4, -0.2) is 25.8 Å². The van der Waals surface area contributed by atoms with E-state index >= 15 is 0 Å². The van der Waals surface area contributed by atoms with Crippen molar-refractivity contribution in [2.45, 2.75) is 24.9 Å². The molecule has 3 aliphatic rings. The van der Waals surface area contributed by atoms with Crippen LogP contribution in [0.15, 0.2) is 36.4 Å². The average Bonchev–Trinajstić information content (AvgIpc) is 3.24. The van der Waals surface area contributed by atoms with Gasteiger partial charge in [0, 0.05) is 24.0 Å². The molecule has 0 radical (unpaired) electrons. The summed E-state index contributed by atoms with van der Waals surface area (Å²) < 4.78 is 22.6. The first-order valence-electron chi connectivity index (χ1n) is 8.51. The maximum Gasteiger partial charge on any atom is 0.231 e. The first kappa shape index (κ1) is 14.6. The third kappa shape index (κ3) is 2.18. The van der Waals surface area contributed by atoms with Gasteiger partial charge in [-0.3, -0.25) is 4.79 Å². The van der Waals surface area contributed by atoms with Gasteiger partial charge in [0.1, 0.15) is 23.4 Å². The van der Waals surface area contributed by atoms with Gasteiger partial charge in [0.25, 0.3) is 0 Å². The lowest BCUT2D eigenvalue weighted by Crippen LogP contribution is -2.35. The molecule has 25 heavy (non-hydrogen) atoms. The largest absolute Gasteiger partial charge is 0.497 e. The van der Waals surface area contributed by atoms with Gasteiger partial charge in [0.05, 0.1) is 13.0 Å². The molecule has 128 valence electrons. The number of rotatable bonds is 2. The van der Waals surface area contributed by atoms with Gasteiger partial charge < -0.3 is 18.9 Å². The van der Waals surface area contributed by atoms with Crippen molar-refractivity contribution in [1.82, 2.24) is 0 Å². The first-order valence-corrected chi connectivity index (χ1v) is 8.51. The molecule has 0 amide bonds. The Hall–Kier alpha value is -2.69. The normalized spacial score (nSPS) is 26.0. The number of carbonyl (C=O) groups is 1. The highest BCUT2D eigenvalue weighted by Crippen LogP contribution is 2.52. The Bertz CT molecular complexity index is 859. The molecule has 0 aromatic heterocycles. The molecular weight excluding hydrogens is 320 g/mol. The van der Waals surface area contributed by atoms with Gasteiger partial charge in [-0.25, -0.2) is 0 Å². The summed E-state index contributed by atoms with van der Waals surface area (Å²) >= 11 is 0. The molecule has 3 unspecified atom stereocenters. The van der Waals surface area contributed by atoms with Crippen molar-refractivity contribution < 1.29 is 23.7 Å². The molecule has 2 heterocycles. The minimum absolute atomic E-state index is 0.0617. The molecule has 5 rings (SSSR count). The molecule has 1 aliphatic carbocycles. The van der Waals surface area contributed by atoms with Crippen molar-refractivity contribution in [3.63, 3.8) is 0 Å². The third-order valence-electron chi connectivity index (χ3n) is 5.38. The van der Waals surface area contributed by atoms with Gasteiger partial charge in [0.15, 0.2) is 11.5 Å². The summed E-state index contributed by atoms with van der Waals surface area (Å²) in [6.45, 7) is 0.216. The number of Topliss-reactive ketones (excluding diaryl/α,β-unsaturated/α-hetero) is 1. The van der Waals surface area contributed by atoms with Crippen molar-refractivity contribution in [3.05, 3.63) is 47.5 Å². The molecule has 0 saturated heterocycles. The minimum Gasteiger partial charge on any atom is -0.497 e. The highest BCUT2D eigenvalue weighted by Gasteiger charge is 2.47. The van der Waals surface area contributed by atoms with Crippen LogP contribution >= 0.6 is 0 Å². The predicted octanol–water partition coefficient (Wildman–Crippen LogP) is 3.30. The van der Waals surface area contributed by atoms with E-state index in [-0.39, 0.29) is 30.5 Å². The zero-order valence-corrected chi connectivity index (χ0v) is 13.9. The summed E-state index contributed by atoms with van der Waals surface area (Å²) in [5.41, 5.74) is 2.04. The summed E-state index contributed by atoms with van der Waals surface area (Å²) in [5.74, 6) is 3.01. The Balaban J connectivity index is 1.69. The number of ether oxygens (including phenoxy) is 4. The predicted molar refractivity (Wildman–Crippen MR) is 89.5 cm³/mol. The Kier molecular flexibility index (Phi) is 3.17. The lowest BCUT2D eigenvalue weighted by atomic mass is 9.76. The Morgan fingerprint density at radius 1 is 1.08 bits per heavy atom. The second-order valence-corrected chi connectivity index (χ2v) is 6.68. The number of hydrogen-bond donors (Lipinski definition) is 0. The summed E-state index contributed by atoms with van der Waals surface area (Å²) in [6.07, 6.45) is 1.24. The van der Waals surface area contributed by atoms with Crippen molar-refractivity contribution in [2.75, 3.05) is 13.9 Å². The lowest BCUT2D eigenvalue weighted by Gasteiger charge is -2.35. The van der Waals surface area contributed by atoms with E-state index in [9.17, 15) is 4.79 Å². The number of methoxy groups -OCH3 is 1. The van der Waals surface area contributed by atoms with Gasteiger partial charge in [0.2, 0.25) is 6.79 Å². The smallest absolute Gasteiger partial charge is 0.231 e. The van der Waals surface area contributed by atoms with Crippen molar-refractivity contribution in [3.8, 4) is 23.0 Å². The quantitative estimate of drug-likeness (QED) is 0.841. The van der Waals surface area contributed by atoms with Gasteiger partial charge in [-0.2, -0.15) is 0 Å². The molecule has 0 bridgehead atoms. The Morgan fingerprint density at radius 3 is 2.76 bits per heavy atom. The molecule has 1 fully saturated rings. The Morgan fingerprint density at radius 2 is 1.92 bits per heavy atom. The van der Waals surface area contributed by atoms with Gasteiger partial charge in [-0.15, -0.1) is 0 Å². The maximum absolute atomic E-state index is 12.6. The van der Waals surface area contributed by atoms with Crippen LogP contribution in [0.4, 0.5) is 0 Å². The fraction of sp³-hybridized carbons (Fsp3) is 0.350. The molecule has 0 N–H and O–H groups in total. The highest BCUT2D eigenvalue weighted by molar-refractivity contribution is 5.86. The van der Waals surface area contributed by atoms with Crippen LogP contribution in [0.25, 0.3) is 0 Å². The van der Waals surface area contributed by atoms with E-state index in [0.717, 1.165) is 29.0 Å². The fourth-order valence-electron chi connectivity index (χ4n) is 4.23. The van der Waals surface area contributed by atoms with Gasteiger partial charge in [-0.05, 0) is 30.2 Å². The summed E-state index contributed by atoms with van der Waals surface area (Å²) in [7, 11) is 1.65. The minimum atomic E-state index is -0.167. The van der Waals surface area contributed by atoms with Gasteiger partial charge >= 0.3 is 0 Å². The van der Waals surface area contributed by atoms with Crippen LogP contribution in [0.3, 0.4) is 0 Å². The monoisotopic (exact) mass is 338 g/mol. The number of hydrogen-bond acceptors (Lipinski definition) is 5. The fourth-order valence-corrected chi connectivity index (χ4v) is 4.23. The van der Waals surface area contributed by atoms with Crippen LogP contribution in [0.2, 0.25) is 0 Å². The summed E-state index contributed by atoms with van der Waals surface area (Å²) in [5, 5.41) is 0. The highest BCUT2D eigenvalue weighted by atomic mass is 16.7. The Labute approximate surface area is 145 Å².